The zero-order valence-corrected chi connectivity index (χ0v) is 40.8. The van der Waals surface area contributed by atoms with Gasteiger partial charge in [-0.15, -0.1) is 0 Å². The number of unbranched alkanes of at least 4 members (excludes halogenated alkanes) is 6. The van der Waals surface area contributed by atoms with Crippen LogP contribution in [-0.4, -0.2) is 98.6 Å². The molecule has 0 amide bonds. The van der Waals surface area contributed by atoms with E-state index in [-0.39, 0.29) is 25.0 Å². The van der Waals surface area contributed by atoms with Crippen LogP contribution in [0, 0.1) is 11.8 Å². The predicted molar refractivity (Wildman–Crippen MR) is 254 cm³/mol. The van der Waals surface area contributed by atoms with Gasteiger partial charge in [0.25, 0.3) is 0 Å². The average Bonchev–Trinajstić information content (AvgIpc) is 3.54. The molecule has 7 atom stereocenters. The lowest BCUT2D eigenvalue weighted by molar-refractivity contribution is -0.161. The number of rotatable bonds is 39. The molecular weight excluding hydrogens is 894 g/mol. The molecule has 376 valence electrons. The summed E-state index contributed by atoms with van der Waals surface area (Å²) in [5.74, 6) is -2.17. The highest BCUT2D eigenvalue weighted by molar-refractivity contribution is 7.47. The van der Waals surface area contributed by atoms with Gasteiger partial charge in [0.15, 0.2) is 6.10 Å². The summed E-state index contributed by atoms with van der Waals surface area (Å²) in [6, 6.07) is 0. The zero-order valence-electron chi connectivity index (χ0n) is 39.0. The first kappa shape index (κ1) is 60.9. The summed E-state index contributed by atoms with van der Waals surface area (Å²) in [4.78, 5) is 65.6. The number of carbonyl (C=O) groups is 3. The number of aliphatic hydroxyl groups is 3. The van der Waals surface area contributed by atoms with Crippen molar-refractivity contribution < 1.29 is 76.6 Å². The first-order chi connectivity index (χ1) is 31.6. The number of allylic oxidation sites excluding steroid dienone is 12. The Morgan fingerprint density at radius 2 is 1.26 bits per heavy atom. The van der Waals surface area contributed by atoms with E-state index >= 15 is 0 Å². The number of carbonyl (C=O) groups excluding carboxylic acids is 3. The molecular formula is C48H78O16P2. The molecule has 0 aromatic carbocycles. The normalized spacial score (nSPS) is 19.7. The van der Waals surface area contributed by atoms with E-state index in [4.69, 9.17) is 23.8 Å². The van der Waals surface area contributed by atoms with Crippen LogP contribution in [0.5, 0.6) is 0 Å². The molecule has 1 saturated carbocycles. The molecule has 0 saturated heterocycles. The number of phosphoric ester groups is 2. The molecule has 1 unspecified atom stereocenters. The van der Waals surface area contributed by atoms with Gasteiger partial charge < -0.3 is 39.5 Å². The molecule has 0 heterocycles. The van der Waals surface area contributed by atoms with E-state index < -0.39 is 90.3 Å². The molecule has 0 spiro atoms. The van der Waals surface area contributed by atoms with Gasteiger partial charge in [-0.2, -0.15) is 0 Å². The molecule has 0 radical (unpaired) electrons. The standard InChI is InChI=1S/C48H78O16P2/c1-3-5-7-8-9-10-11-12-13-14-15-16-17-18-19-20-21-22-27-31-47(53)60-38-42(39-63-66(58,59)62-37-41(50)36-61-65(55,56)57)64-48(54)32-28-24-23-26-30-43-44(46(52)35-45(43)51)34-33-40(49)29-25-6-4-2/h5,7,9-10,12-13,15-16,18-19,23,26,33-34,40-44,46,49-50,52H,3-4,6,8,11,14,17,20-22,24-25,27-32,35-39H2,1-2H3,(H,58,59)(H2,55,56,57)/b7-5-,10-9-,13-12-,16-15-,19-18-,26-23-,34-33+/t40-,41-,42+,43+,44+,46+/m0/s1. The monoisotopic (exact) mass is 972 g/mol. The summed E-state index contributed by atoms with van der Waals surface area (Å²) in [5.41, 5.74) is 0. The van der Waals surface area contributed by atoms with E-state index in [0.29, 0.717) is 32.1 Å². The second kappa shape index (κ2) is 37.8. The lowest BCUT2D eigenvalue weighted by atomic mass is 9.90. The minimum absolute atomic E-state index is 0.0477. The first-order valence-corrected chi connectivity index (χ1v) is 26.4. The Kier molecular flexibility index (Phi) is 34.9. The lowest BCUT2D eigenvalue weighted by Crippen LogP contribution is -2.29. The van der Waals surface area contributed by atoms with Gasteiger partial charge in [-0.3, -0.25) is 28.0 Å². The summed E-state index contributed by atoms with van der Waals surface area (Å²) >= 11 is 0. The van der Waals surface area contributed by atoms with E-state index in [0.717, 1.165) is 70.6 Å². The summed E-state index contributed by atoms with van der Waals surface area (Å²) < 4.78 is 47.8. The smallest absolute Gasteiger partial charge is 0.462 e. The fourth-order valence-electron chi connectivity index (χ4n) is 6.53. The molecule has 18 heteroatoms. The van der Waals surface area contributed by atoms with Crippen LogP contribution in [0.2, 0.25) is 0 Å². The average molecular weight is 973 g/mol. The Hall–Kier alpha value is -3.11. The molecule has 0 bridgehead atoms. The number of hydrogen-bond donors (Lipinski definition) is 6. The van der Waals surface area contributed by atoms with Crippen LogP contribution in [0.3, 0.4) is 0 Å². The van der Waals surface area contributed by atoms with Crippen molar-refractivity contribution >= 4 is 33.4 Å². The lowest BCUT2D eigenvalue weighted by Gasteiger charge is -2.20. The quantitative estimate of drug-likeness (QED) is 0.0145. The Balaban J connectivity index is 2.58. The number of hydrogen-bond acceptors (Lipinski definition) is 13. The maximum Gasteiger partial charge on any atom is 0.472 e. The first-order valence-electron chi connectivity index (χ1n) is 23.4. The van der Waals surface area contributed by atoms with E-state index in [1.165, 1.54) is 0 Å². The maximum absolute atomic E-state index is 12.8. The Labute approximate surface area is 392 Å². The second-order valence-corrected chi connectivity index (χ2v) is 18.8. The molecule has 1 aliphatic rings. The molecule has 1 aliphatic carbocycles. The van der Waals surface area contributed by atoms with Crippen LogP contribution in [0.25, 0.3) is 0 Å². The molecule has 0 aromatic heterocycles. The van der Waals surface area contributed by atoms with Crippen molar-refractivity contribution in [2.24, 2.45) is 11.8 Å². The van der Waals surface area contributed by atoms with Crippen molar-refractivity contribution in [3.63, 3.8) is 0 Å². The number of ketones is 1. The SMILES string of the molecule is CC/C=C\C/C=C\C/C=C\C/C=C\C/C=C\CCCCCC(=O)OC[C@H](COP(=O)(O)OC[C@@H](O)COP(=O)(O)O)OC(=O)CCC/C=C\C[C@H]1C(=O)C[C@@H](O)[C@@H]1/C=C/[C@@H](O)CCCCC. The largest absolute Gasteiger partial charge is 0.472 e. The molecule has 1 fully saturated rings. The van der Waals surface area contributed by atoms with Crippen molar-refractivity contribution in [1.29, 1.82) is 0 Å². The Morgan fingerprint density at radius 1 is 0.682 bits per heavy atom. The predicted octanol–water partition coefficient (Wildman–Crippen LogP) is 8.93. The highest BCUT2D eigenvalue weighted by atomic mass is 31.2. The van der Waals surface area contributed by atoms with Crippen LogP contribution < -0.4 is 0 Å². The fourth-order valence-corrected chi connectivity index (χ4v) is 7.69. The molecule has 1 rings (SSSR count). The van der Waals surface area contributed by atoms with Gasteiger partial charge >= 0.3 is 27.6 Å². The maximum atomic E-state index is 12.8. The fraction of sp³-hybridized carbons (Fsp3) is 0.646. The molecule has 0 aliphatic heterocycles. The number of esters is 2. The van der Waals surface area contributed by atoms with Gasteiger partial charge in [-0.05, 0) is 77.0 Å². The van der Waals surface area contributed by atoms with Crippen LogP contribution in [0.4, 0.5) is 0 Å². The highest BCUT2D eigenvalue weighted by Gasteiger charge is 2.39. The molecule has 16 nitrogen and oxygen atoms in total. The zero-order chi connectivity index (χ0) is 48.9. The molecule has 0 aromatic rings. The van der Waals surface area contributed by atoms with Crippen molar-refractivity contribution in [1.82, 2.24) is 0 Å². The van der Waals surface area contributed by atoms with E-state index in [1.54, 1.807) is 12.2 Å². The number of aliphatic hydroxyl groups excluding tert-OH is 3. The van der Waals surface area contributed by atoms with Gasteiger partial charge in [-0.1, -0.05) is 125 Å². The van der Waals surface area contributed by atoms with Gasteiger partial charge in [0.05, 0.1) is 32.0 Å². The van der Waals surface area contributed by atoms with E-state index in [1.807, 2.05) is 12.2 Å². The molecule has 6 N–H and O–H groups in total. The third kappa shape index (κ3) is 34.2. The van der Waals surface area contributed by atoms with Gasteiger partial charge in [0, 0.05) is 31.1 Å². The minimum atomic E-state index is -4.91. The second-order valence-electron chi connectivity index (χ2n) is 16.1. The highest BCUT2D eigenvalue weighted by Crippen LogP contribution is 2.44. The number of Topliss-reactive ketones (excluding diaryl/α,β-unsaturated/α-hetero) is 1. The third-order valence-electron chi connectivity index (χ3n) is 10.1. The Morgan fingerprint density at radius 3 is 1.89 bits per heavy atom. The van der Waals surface area contributed by atoms with Crippen LogP contribution in [0.15, 0.2) is 85.1 Å². The van der Waals surface area contributed by atoms with Crippen LogP contribution >= 0.6 is 15.6 Å². The summed E-state index contributed by atoms with van der Waals surface area (Å²) in [6.07, 6.45) is 36.5. The summed E-state index contributed by atoms with van der Waals surface area (Å²) in [5, 5.41) is 30.5. The topological polar surface area (TPSA) is 253 Å². The van der Waals surface area contributed by atoms with E-state index in [9.17, 15) is 43.7 Å². The Bertz CT molecular complexity index is 1650. The van der Waals surface area contributed by atoms with Crippen molar-refractivity contribution in [3.05, 3.63) is 85.1 Å². The van der Waals surface area contributed by atoms with Gasteiger partial charge in [0.2, 0.25) is 0 Å². The van der Waals surface area contributed by atoms with Crippen LogP contribution in [0.1, 0.15) is 136 Å². The minimum Gasteiger partial charge on any atom is -0.462 e. The number of ether oxygens (including phenoxy) is 2. The summed E-state index contributed by atoms with van der Waals surface area (Å²) in [7, 11) is -9.81. The number of phosphoric acid groups is 2. The van der Waals surface area contributed by atoms with Gasteiger partial charge in [0.1, 0.15) is 18.5 Å². The van der Waals surface area contributed by atoms with Crippen molar-refractivity contribution in [2.45, 2.75) is 160 Å². The van der Waals surface area contributed by atoms with Crippen LogP contribution in [-0.2, 0) is 46.6 Å². The summed E-state index contributed by atoms with van der Waals surface area (Å²) in [6.45, 7) is 1.18. The third-order valence-corrected chi connectivity index (χ3v) is 11.6. The van der Waals surface area contributed by atoms with Gasteiger partial charge in [-0.25, -0.2) is 9.13 Å². The van der Waals surface area contributed by atoms with Crippen molar-refractivity contribution in [3.8, 4) is 0 Å². The molecule has 66 heavy (non-hydrogen) atoms. The van der Waals surface area contributed by atoms with E-state index in [2.05, 4.69) is 83.7 Å². The van der Waals surface area contributed by atoms with Crippen molar-refractivity contribution in [2.75, 3.05) is 26.4 Å².